The Morgan fingerprint density at radius 1 is 1.44 bits per heavy atom. The maximum atomic E-state index is 4.25. The molecule has 6 heteroatoms. The lowest BCUT2D eigenvalue weighted by molar-refractivity contribution is 0.477. The molecule has 2 aromatic heterocycles. The fourth-order valence-electron chi connectivity index (χ4n) is 2.05. The van der Waals surface area contributed by atoms with Crippen LogP contribution in [0.3, 0.4) is 0 Å². The highest BCUT2D eigenvalue weighted by Crippen LogP contribution is 2.41. The molecule has 1 aliphatic rings. The molecule has 94 valence electrons. The van der Waals surface area contributed by atoms with Gasteiger partial charge in [0.05, 0.1) is 6.54 Å². The van der Waals surface area contributed by atoms with E-state index < -0.39 is 0 Å². The highest BCUT2D eigenvalue weighted by molar-refractivity contribution is 9.10. The maximum Gasteiger partial charge on any atom is 0.131 e. The standard InChI is InChI=1S/C12H13BrN4S/c13-10-3-9(4-14-5-10)12(8-1-2-8)15-6-11-17-16-7-18-11/h3-5,7-8,12,15H,1-2,6H2. The van der Waals surface area contributed by atoms with E-state index in [1.54, 1.807) is 16.8 Å². The summed E-state index contributed by atoms with van der Waals surface area (Å²) in [7, 11) is 0. The number of aromatic nitrogens is 3. The Balaban J connectivity index is 1.72. The van der Waals surface area contributed by atoms with E-state index in [1.165, 1.54) is 18.4 Å². The second kappa shape index (κ2) is 5.42. The lowest BCUT2D eigenvalue weighted by atomic mass is 10.0. The van der Waals surface area contributed by atoms with Gasteiger partial charge in [0.1, 0.15) is 10.5 Å². The summed E-state index contributed by atoms with van der Waals surface area (Å²) < 4.78 is 1.03. The van der Waals surface area contributed by atoms with Gasteiger partial charge in [-0.2, -0.15) is 0 Å². The molecule has 1 fully saturated rings. The third-order valence-electron chi connectivity index (χ3n) is 3.06. The van der Waals surface area contributed by atoms with Crippen molar-refractivity contribution in [1.82, 2.24) is 20.5 Å². The molecule has 0 saturated heterocycles. The van der Waals surface area contributed by atoms with Gasteiger partial charge < -0.3 is 5.32 Å². The van der Waals surface area contributed by atoms with Crippen LogP contribution >= 0.6 is 27.3 Å². The van der Waals surface area contributed by atoms with E-state index in [0.717, 1.165) is 21.9 Å². The van der Waals surface area contributed by atoms with Crippen LogP contribution in [-0.4, -0.2) is 15.2 Å². The van der Waals surface area contributed by atoms with E-state index >= 15 is 0 Å². The predicted molar refractivity (Wildman–Crippen MR) is 74.2 cm³/mol. The van der Waals surface area contributed by atoms with Gasteiger partial charge in [0.15, 0.2) is 0 Å². The average Bonchev–Trinajstić information content (AvgIpc) is 3.06. The quantitative estimate of drug-likeness (QED) is 0.918. The van der Waals surface area contributed by atoms with Crippen molar-refractivity contribution in [2.75, 3.05) is 0 Å². The van der Waals surface area contributed by atoms with E-state index in [0.29, 0.717) is 6.04 Å². The number of halogens is 1. The van der Waals surface area contributed by atoms with Crippen molar-refractivity contribution in [2.45, 2.75) is 25.4 Å². The predicted octanol–water partition coefficient (Wildman–Crippen LogP) is 2.94. The molecule has 0 radical (unpaired) electrons. The molecule has 0 aromatic carbocycles. The fraction of sp³-hybridized carbons (Fsp3) is 0.417. The van der Waals surface area contributed by atoms with Gasteiger partial charge >= 0.3 is 0 Å². The van der Waals surface area contributed by atoms with Crippen LogP contribution in [0.15, 0.2) is 28.4 Å². The summed E-state index contributed by atoms with van der Waals surface area (Å²) in [4.78, 5) is 4.25. The van der Waals surface area contributed by atoms with Crippen molar-refractivity contribution in [3.63, 3.8) is 0 Å². The highest BCUT2D eigenvalue weighted by atomic mass is 79.9. The molecule has 1 atom stereocenters. The molecule has 1 saturated carbocycles. The number of hydrogen-bond acceptors (Lipinski definition) is 5. The first-order valence-corrected chi connectivity index (χ1v) is 7.59. The minimum absolute atomic E-state index is 0.374. The van der Waals surface area contributed by atoms with Gasteiger partial charge in [-0.15, -0.1) is 21.5 Å². The van der Waals surface area contributed by atoms with Crippen LogP contribution in [-0.2, 0) is 6.54 Å². The van der Waals surface area contributed by atoms with Crippen molar-refractivity contribution >= 4 is 27.3 Å². The summed E-state index contributed by atoms with van der Waals surface area (Å²) in [6.07, 6.45) is 6.35. The van der Waals surface area contributed by atoms with E-state index in [9.17, 15) is 0 Å². The molecule has 0 bridgehead atoms. The van der Waals surface area contributed by atoms with E-state index in [1.807, 2.05) is 12.4 Å². The van der Waals surface area contributed by atoms with Gasteiger partial charge in [-0.05, 0) is 46.3 Å². The Morgan fingerprint density at radius 3 is 3.00 bits per heavy atom. The summed E-state index contributed by atoms with van der Waals surface area (Å²) in [6, 6.07) is 2.52. The Bertz CT molecular complexity index is 513. The van der Waals surface area contributed by atoms with Crippen molar-refractivity contribution in [3.8, 4) is 0 Å². The number of nitrogens with one attached hydrogen (secondary N) is 1. The molecular formula is C12H13BrN4S. The maximum absolute atomic E-state index is 4.25. The summed E-state index contributed by atoms with van der Waals surface area (Å²) in [5, 5.41) is 12.5. The lowest BCUT2D eigenvalue weighted by Gasteiger charge is -2.17. The first kappa shape index (κ1) is 12.2. The van der Waals surface area contributed by atoms with Gasteiger partial charge in [-0.1, -0.05) is 0 Å². The fourth-order valence-corrected chi connectivity index (χ4v) is 2.91. The molecule has 1 aliphatic carbocycles. The Hall–Kier alpha value is -0.850. The molecular weight excluding hydrogens is 312 g/mol. The Kier molecular flexibility index (Phi) is 3.67. The monoisotopic (exact) mass is 324 g/mol. The first-order chi connectivity index (χ1) is 8.83. The molecule has 2 aromatic rings. The summed E-state index contributed by atoms with van der Waals surface area (Å²) in [6.45, 7) is 0.776. The molecule has 1 unspecified atom stereocenters. The molecule has 0 amide bonds. The SMILES string of the molecule is Brc1cncc(C(NCc2nncs2)C2CC2)c1. The second-order valence-corrected chi connectivity index (χ2v) is 6.30. The van der Waals surface area contributed by atoms with E-state index in [4.69, 9.17) is 0 Å². The normalized spacial score (nSPS) is 16.7. The Morgan fingerprint density at radius 2 is 2.33 bits per heavy atom. The summed E-state index contributed by atoms with van der Waals surface area (Å²) >= 11 is 5.07. The molecule has 2 heterocycles. The zero-order chi connectivity index (χ0) is 12.4. The smallest absolute Gasteiger partial charge is 0.131 e. The van der Waals surface area contributed by atoms with Crippen LogP contribution in [0.25, 0.3) is 0 Å². The third-order valence-corrected chi connectivity index (χ3v) is 4.19. The number of rotatable bonds is 5. The van der Waals surface area contributed by atoms with Gasteiger partial charge in [0, 0.05) is 22.9 Å². The largest absolute Gasteiger partial charge is 0.303 e. The van der Waals surface area contributed by atoms with Crippen molar-refractivity contribution in [2.24, 2.45) is 5.92 Å². The van der Waals surface area contributed by atoms with Gasteiger partial charge in [0.25, 0.3) is 0 Å². The van der Waals surface area contributed by atoms with Crippen molar-refractivity contribution in [3.05, 3.63) is 39.0 Å². The van der Waals surface area contributed by atoms with Gasteiger partial charge in [-0.3, -0.25) is 4.98 Å². The van der Waals surface area contributed by atoms with E-state index in [-0.39, 0.29) is 0 Å². The minimum atomic E-state index is 0.374. The Labute approximate surface area is 118 Å². The van der Waals surface area contributed by atoms with Crippen LogP contribution in [0.5, 0.6) is 0 Å². The van der Waals surface area contributed by atoms with Crippen LogP contribution in [0.4, 0.5) is 0 Å². The zero-order valence-electron chi connectivity index (χ0n) is 9.71. The molecule has 1 N–H and O–H groups in total. The number of nitrogens with zero attached hydrogens (tertiary/aromatic N) is 3. The topological polar surface area (TPSA) is 50.7 Å². The van der Waals surface area contributed by atoms with Crippen LogP contribution < -0.4 is 5.32 Å². The third kappa shape index (κ3) is 2.93. The van der Waals surface area contributed by atoms with Crippen molar-refractivity contribution in [1.29, 1.82) is 0 Å². The molecule has 0 spiro atoms. The lowest BCUT2D eigenvalue weighted by Crippen LogP contribution is -2.22. The molecule has 0 aliphatic heterocycles. The summed E-state index contributed by atoms with van der Waals surface area (Å²) in [5.74, 6) is 0.731. The highest BCUT2D eigenvalue weighted by Gasteiger charge is 2.32. The number of pyridine rings is 1. The average molecular weight is 325 g/mol. The molecule has 3 rings (SSSR count). The molecule has 4 nitrogen and oxygen atoms in total. The van der Waals surface area contributed by atoms with E-state index in [2.05, 4.69) is 42.5 Å². The zero-order valence-corrected chi connectivity index (χ0v) is 12.1. The van der Waals surface area contributed by atoms with Gasteiger partial charge in [-0.25, -0.2) is 0 Å². The van der Waals surface area contributed by atoms with Crippen LogP contribution in [0.2, 0.25) is 0 Å². The molecule has 18 heavy (non-hydrogen) atoms. The number of hydrogen-bond donors (Lipinski definition) is 1. The van der Waals surface area contributed by atoms with Gasteiger partial charge in [0.2, 0.25) is 0 Å². The van der Waals surface area contributed by atoms with Crippen LogP contribution in [0, 0.1) is 5.92 Å². The first-order valence-electron chi connectivity index (χ1n) is 5.92. The van der Waals surface area contributed by atoms with Crippen LogP contribution in [0.1, 0.15) is 29.5 Å². The second-order valence-electron chi connectivity index (χ2n) is 4.46. The van der Waals surface area contributed by atoms with Crippen molar-refractivity contribution < 1.29 is 0 Å². The minimum Gasteiger partial charge on any atom is -0.303 e. The summed E-state index contributed by atoms with van der Waals surface area (Å²) in [5.41, 5.74) is 3.01.